The maximum atomic E-state index is 13.0. The molecule has 0 bridgehead atoms. The lowest BCUT2D eigenvalue weighted by atomic mass is 10.0. The number of aryl methyl sites for hydroxylation is 1. The zero-order chi connectivity index (χ0) is 20.4. The van der Waals surface area contributed by atoms with Gasteiger partial charge in [0.25, 0.3) is 5.91 Å². The Hall–Kier alpha value is -3.45. The van der Waals surface area contributed by atoms with Gasteiger partial charge < -0.3 is 9.47 Å². The van der Waals surface area contributed by atoms with E-state index in [2.05, 4.69) is 10.3 Å². The predicted octanol–water partition coefficient (Wildman–Crippen LogP) is 4.94. The van der Waals surface area contributed by atoms with Crippen molar-refractivity contribution in [2.75, 3.05) is 19.5 Å². The number of hydrogen-bond acceptors (Lipinski definition) is 6. The summed E-state index contributed by atoms with van der Waals surface area (Å²) in [5.74, 6) is 1.01. The van der Waals surface area contributed by atoms with Crippen LogP contribution in [-0.2, 0) is 0 Å². The summed E-state index contributed by atoms with van der Waals surface area (Å²) in [6.07, 6.45) is 0. The molecule has 1 amide bonds. The highest BCUT2D eigenvalue weighted by atomic mass is 32.1. The van der Waals surface area contributed by atoms with Crippen LogP contribution in [0.4, 0.5) is 5.13 Å². The molecule has 1 N–H and O–H groups in total. The molecule has 0 aliphatic rings. The van der Waals surface area contributed by atoms with Gasteiger partial charge in [-0.25, -0.2) is 9.97 Å². The third-order valence-electron chi connectivity index (χ3n) is 4.48. The standard InChI is InChI=1S/C22H19N3O3S/c1-13-12-29-22(23-13)25-21(26)16-11-18(24-17-7-5-4-6-15(16)17)14-8-9-19(27-2)20(10-14)28-3/h4-12H,1-3H3,(H,23,25,26). The fourth-order valence-corrected chi connectivity index (χ4v) is 3.77. The van der Waals surface area contributed by atoms with Crippen molar-refractivity contribution in [3.63, 3.8) is 0 Å². The molecular weight excluding hydrogens is 386 g/mol. The SMILES string of the molecule is COc1ccc(-c2cc(C(=O)Nc3nc(C)cs3)c3ccccc3n2)cc1OC. The van der Waals surface area contributed by atoms with Crippen molar-refractivity contribution in [2.45, 2.75) is 6.92 Å². The Morgan fingerprint density at radius 1 is 1.00 bits per heavy atom. The van der Waals surface area contributed by atoms with Gasteiger partial charge >= 0.3 is 0 Å². The average molecular weight is 405 g/mol. The van der Waals surface area contributed by atoms with E-state index in [1.54, 1.807) is 20.3 Å². The van der Waals surface area contributed by atoms with E-state index in [1.807, 2.05) is 54.8 Å². The molecular formula is C22H19N3O3S. The number of hydrogen-bond donors (Lipinski definition) is 1. The second kappa shape index (κ2) is 7.89. The summed E-state index contributed by atoms with van der Waals surface area (Å²) < 4.78 is 10.7. The van der Waals surface area contributed by atoms with Crippen molar-refractivity contribution in [3.8, 4) is 22.8 Å². The molecule has 0 saturated heterocycles. The number of fused-ring (bicyclic) bond motifs is 1. The number of nitrogens with zero attached hydrogens (tertiary/aromatic N) is 2. The second-order valence-electron chi connectivity index (χ2n) is 6.39. The molecule has 0 aliphatic heterocycles. The molecule has 2 heterocycles. The van der Waals surface area contributed by atoms with Gasteiger partial charge in [-0.05, 0) is 37.3 Å². The van der Waals surface area contributed by atoms with Crippen LogP contribution in [0.15, 0.2) is 53.9 Å². The lowest BCUT2D eigenvalue weighted by Gasteiger charge is -2.12. The van der Waals surface area contributed by atoms with Crippen molar-refractivity contribution in [3.05, 3.63) is 65.2 Å². The molecule has 0 unspecified atom stereocenters. The number of para-hydroxylation sites is 1. The second-order valence-corrected chi connectivity index (χ2v) is 7.25. The molecule has 0 aliphatic carbocycles. The molecule has 0 spiro atoms. The molecule has 146 valence electrons. The Bertz CT molecular complexity index is 1200. The normalized spacial score (nSPS) is 10.7. The Labute approximate surface area is 172 Å². The minimum Gasteiger partial charge on any atom is -0.493 e. The summed E-state index contributed by atoms with van der Waals surface area (Å²) in [7, 11) is 3.18. The van der Waals surface area contributed by atoms with E-state index in [-0.39, 0.29) is 5.91 Å². The van der Waals surface area contributed by atoms with Crippen LogP contribution in [0, 0.1) is 6.92 Å². The number of pyridine rings is 1. The highest BCUT2D eigenvalue weighted by molar-refractivity contribution is 7.13. The van der Waals surface area contributed by atoms with E-state index >= 15 is 0 Å². The molecule has 0 fully saturated rings. The number of ether oxygens (including phenoxy) is 2. The van der Waals surface area contributed by atoms with Crippen LogP contribution in [0.1, 0.15) is 16.1 Å². The van der Waals surface area contributed by atoms with Gasteiger partial charge in [-0.3, -0.25) is 10.1 Å². The lowest BCUT2D eigenvalue weighted by molar-refractivity contribution is 0.102. The number of thiazole rings is 1. The summed E-state index contributed by atoms with van der Waals surface area (Å²) >= 11 is 1.40. The quantitative estimate of drug-likeness (QED) is 0.509. The topological polar surface area (TPSA) is 73.3 Å². The molecule has 0 saturated carbocycles. The van der Waals surface area contributed by atoms with Crippen LogP contribution in [0.25, 0.3) is 22.2 Å². The van der Waals surface area contributed by atoms with Gasteiger partial charge in [0.1, 0.15) is 0 Å². The molecule has 6 nitrogen and oxygen atoms in total. The highest BCUT2D eigenvalue weighted by Gasteiger charge is 2.16. The van der Waals surface area contributed by atoms with Gasteiger partial charge in [0.15, 0.2) is 16.6 Å². The fraction of sp³-hybridized carbons (Fsp3) is 0.136. The van der Waals surface area contributed by atoms with E-state index in [0.717, 1.165) is 22.2 Å². The van der Waals surface area contributed by atoms with E-state index < -0.39 is 0 Å². The molecule has 29 heavy (non-hydrogen) atoms. The average Bonchev–Trinajstić information content (AvgIpc) is 3.16. The van der Waals surface area contributed by atoms with Gasteiger partial charge in [0.05, 0.1) is 36.7 Å². The Morgan fingerprint density at radius 2 is 1.79 bits per heavy atom. The first-order chi connectivity index (χ1) is 14.1. The maximum absolute atomic E-state index is 13.0. The third kappa shape index (κ3) is 3.77. The summed E-state index contributed by atoms with van der Waals surface area (Å²) in [5, 5.41) is 6.14. The summed E-state index contributed by atoms with van der Waals surface area (Å²) in [6, 6.07) is 14.9. The summed E-state index contributed by atoms with van der Waals surface area (Å²) in [4.78, 5) is 22.1. The number of methoxy groups -OCH3 is 2. The molecule has 2 aromatic carbocycles. The van der Waals surface area contributed by atoms with E-state index in [1.165, 1.54) is 11.3 Å². The number of nitrogens with one attached hydrogen (secondary N) is 1. The number of aromatic nitrogens is 2. The summed E-state index contributed by atoms with van der Waals surface area (Å²) in [5.41, 5.74) is 3.64. The van der Waals surface area contributed by atoms with Gasteiger partial charge in [-0.2, -0.15) is 0 Å². The molecule has 4 rings (SSSR count). The highest BCUT2D eigenvalue weighted by Crippen LogP contribution is 2.33. The van der Waals surface area contributed by atoms with Crippen LogP contribution >= 0.6 is 11.3 Å². The number of carbonyl (C=O) groups excluding carboxylic acids is 1. The first-order valence-corrected chi connectivity index (χ1v) is 9.82. The van der Waals surface area contributed by atoms with Crippen molar-refractivity contribution >= 4 is 33.3 Å². The van der Waals surface area contributed by atoms with Gasteiger partial charge in [-0.15, -0.1) is 11.3 Å². The van der Waals surface area contributed by atoms with Crippen LogP contribution in [0.3, 0.4) is 0 Å². The van der Waals surface area contributed by atoms with Crippen molar-refractivity contribution in [1.82, 2.24) is 9.97 Å². The smallest absolute Gasteiger partial charge is 0.258 e. The molecule has 0 radical (unpaired) electrons. The first-order valence-electron chi connectivity index (χ1n) is 8.94. The Morgan fingerprint density at radius 3 is 2.52 bits per heavy atom. The minimum atomic E-state index is -0.223. The van der Waals surface area contributed by atoms with E-state index in [4.69, 9.17) is 14.5 Å². The molecule has 2 aromatic heterocycles. The largest absolute Gasteiger partial charge is 0.493 e. The minimum absolute atomic E-state index is 0.223. The number of amides is 1. The van der Waals surface area contributed by atoms with Crippen LogP contribution < -0.4 is 14.8 Å². The zero-order valence-electron chi connectivity index (χ0n) is 16.2. The Balaban J connectivity index is 1.81. The maximum Gasteiger partial charge on any atom is 0.258 e. The van der Waals surface area contributed by atoms with Crippen LogP contribution in [0.2, 0.25) is 0 Å². The van der Waals surface area contributed by atoms with Gasteiger partial charge in [0, 0.05) is 16.3 Å². The van der Waals surface area contributed by atoms with E-state index in [9.17, 15) is 4.79 Å². The third-order valence-corrected chi connectivity index (χ3v) is 5.36. The lowest BCUT2D eigenvalue weighted by Crippen LogP contribution is -2.13. The molecule has 7 heteroatoms. The van der Waals surface area contributed by atoms with Gasteiger partial charge in [-0.1, -0.05) is 18.2 Å². The molecule has 0 atom stereocenters. The van der Waals surface area contributed by atoms with Gasteiger partial charge in [0.2, 0.25) is 0 Å². The first kappa shape index (κ1) is 18.9. The number of benzene rings is 2. The van der Waals surface area contributed by atoms with Crippen molar-refractivity contribution in [2.24, 2.45) is 0 Å². The Kier molecular flexibility index (Phi) is 5.14. The van der Waals surface area contributed by atoms with Crippen LogP contribution in [-0.4, -0.2) is 30.1 Å². The van der Waals surface area contributed by atoms with Crippen LogP contribution in [0.5, 0.6) is 11.5 Å². The fourth-order valence-electron chi connectivity index (χ4n) is 3.08. The number of anilines is 1. The van der Waals surface area contributed by atoms with Crippen molar-refractivity contribution < 1.29 is 14.3 Å². The monoisotopic (exact) mass is 405 g/mol. The zero-order valence-corrected chi connectivity index (χ0v) is 17.0. The summed E-state index contributed by atoms with van der Waals surface area (Å²) in [6.45, 7) is 1.89. The van der Waals surface area contributed by atoms with E-state index in [0.29, 0.717) is 27.9 Å². The predicted molar refractivity (Wildman–Crippen MR) is 115 cm³/mol. The van der Waals surface area contributed by atoms with Crippen molar-refractivity contribution in [1.29, 1.82) is 0 Å². The number of carbonyl (C=O) groups is 1. The number of rotatable bonds is 5. The molecule has 4 aromatic rings.